The molecule has 7 heteroatoms. The van der Waals surface area contributed by atoms with Crippen LogP contribution < -0.4 is 5.56 Å². The van der Waals surface area contributed by atoms with Crippen molar-refractivity contribution in [2.24, 2.45) is 0 Å². The van der Waals surface area contributed by atoms with Gasteiger partial charge in [-0.15, -0.1) is 0 Å². The number of benzene rings is 2. The second-order valence-corrected chi connectivity index (χ2v) is 8.86. The number of sulfone groups is 1. The standard InChI is InChI=1S/C21H19N3O3S/c1-3-28(26,27)15-8-6-7-14(11-15)17-12-19(20-13(2)23-24-21(20)25)22-18-10-5-4-9-16(17)18/h4-12H,3H2,1-2H3,(H2,23,24,25). The van der Waals surface area contributed by atoms with E-state index in [1.807, 2.05) is 36.4 Å². The molecule has 6 nitrogen and oxygen atoms in total. The minimum atomic E-state index is -3.32. The van der Waals surface area contributed by atoms with Crippen molar-refractivity contribution >= 4 is 20.7 Å². The Bertz CT molecular complexity index is 1350. The summed E-state index contributed by atoms with van der Waals surface area (Å²) in [5, 5.41) is 6.29. The highest BCUT2D eigenvalue weighted by atomic mass is 32.2. The van der Waals surface area contributed by atoms with Crippen LogP contribution in [0.5, 0.6) is 0 Å². The van der Waals surface area contributed by atoms with Crippen LogP contribution in [-0.2, 0) is 9.84 Å². The Balaban J connectivity index is 2.02. The quantitative estimate of drug-likeness (QED) is 0.553. The van der Waals surface area contributed by atoms with Crippen LogP contribution in [0, 0.1) is 6.92 Å². The maximum absolute atomic E-state index is 12.3. The van der Waals surface area contributed by atoms with Crippen molar-refractivity contribution in [3.8, 4) is 22.4 Å². The Morgan fingerprint density at radius 3 is 2.50 bits per heavy atom. The predicted octanol–water partition coefficient (Wildman–Crippen LogP) is 3.69. The van der Waals surface area contributed by atoms with E-state index in [4.69, 9.17) is 0 Å². The lowest BCUT2D eigenvalue weighted by Gasteiger charge is -2.11. The first kappa shape index (κ1) is 18.2. The highest BCUT2D eigenvalue weighted by Gasteiger charge is 2.17. The van der Waals surface area contributed by atoms with E-state index >= 15 is 0 Å². The molecule has 2 aromatic carbocycles. The van der Waals surface area contributed by atoms with Crippen molar-refractivity contribution in [1.29, 1.82) is 0 Å². The summed E-state index contributed by atoms with van der Waals surface area (Å²) in [5.41, 5.74) is 3.79. The van der Waals surface area contributed by atoms with Gasteiger partial charge in [0.1, 0.15) is 0 Å². The molecule has 0 bridgehead atoms. The lowest BCUT2D eigenvalue weighted by Crippen LogP contribution is -2.04. The molecular weight excluding hydrogens is 374 g/mol. The van der Waals surface area contributed by atoms with Gasteiger partial charge < -0.3 is 5.10 Å². The number of aryl methyl sites for hydroxylation is 1. The molecule has 0 aliphatic carbocycles. The number of rotatable bonds is 4. The zero-order chi connectivity index (χ0) is 19.9. The molecule has 0 saturated heterocycles. The van der Waals surface area contributed by atoms with Gasteiger partial charge in [0.15, 0.2) is 9.84 Å². The van der Waals surface area contributed by atoms with Gasteiger partial charge in [0, 0.05) is 11.1 Å². The molecule has 0 fully saturated rings. The third-order valence-electron chi connectivity index (χ3n) is 4.82. The Morgan fingerprint density at radius 1 is 1.00 bits per heavy atom. The molecule has 0 amide bonds. The average Bonchev–Trinajstić information content (AvgIpc) is 3.05. The summed E-state index contributed by atoms with van der Waals surface area (Å²) >= 11 is 0. The normalized spacial score (nSPS) is 11.8. The number of aromatic amines is 2. The molecule has 0 aliphatic rings. The molecule has 0 radical (unpaired) electrons. The van der Waals surface area contributed by atoms with Crippen LogP contribution >= 0.6 is 0 Å². The number of H-pyrrole nitrogens is 2. The molecule has 0 spiro atoms. The lowest BCUT2D eigenvalue weighted by atomic mass is 9.98. The number of hydrogen-bond donors (Lipinski definition) is 2. The van der Waals surface area contributed by atoms with Crippen molar-refractivity contribution in [3.05, 3.63) is 70.6 Å². The van der Waals surface area contributed by atoms with Crippen LogP contribution in [0.3, 0.4) is 0 Å². The second kappa shape index (κ2) is 6.76. The molecule has 2 heterocycles. The van der Waals surface area contributed by atoms with E-state index in [1.165, 1.54) is 0 Å². The molecule has 0 atom stereocenters. The largest absolute Gasteiger partial charge is 0.302 e. The van der Waals surface area contributed by atoms with Crippen LogP contribution in [0.1, 0.15) is 12.6 Å². The van der Waals surface area contributed by atoms with E-state index in [9.17, 15) is 13.2 Å². The van der Waals surface area contributed by atoms with Crippen LogP contribution in [0.15, 0.2) is 64.3 Å². The third kappa shape index (κ3) is 3.03. The molecular formula is C21H19N3O3S. The summed E-state index contributed by atoms with van der Waals surface area (Å²) < 4.78 is 24.7. The molecule has 0 aliphatic heterocycles. The lowest BCUT2D eigenvalue weighted by molar-refractivity contribution is 0.597. The molecule has 4 aromatic rings. The van der Waals surface area contributed by atoms with Gasteiger partial charge in [-0.1, -0.05) is 37.3 Å². The molecule has 0 unspecified atom stereocenters. The van der Waals surface area contributed by atoms with Gasteiger partial charge in [0.05, 0.1) is 27.4 Å². The molecule has 142 valence electrons. The molecule has 2 N–H and O–H groups in total. The topological polar surface area (TPSA) is 95.7 Å². The highest BCUT2D eigenvalue weighted by molar-refractivity contribution is 7.91. The Hall–Kier alpha value is -3.19. The van der Waals surface area contributed by atoms with E-state index in [0.29, 0.717) is 17.0 Å². The summed E-state index contributed by atoms with van der Waals surface area (Å²) in [5.74, 6) is 0.0384. The van der Waals surface area contributed by atoms with Gasteiger partial charge in [0.25, 0.3) is 5.56 Å². The summed E-state index contributed by atoms with van der Waals surface area (Å²) in [4.78, 5) is 17.2. The molecule has 28 heavy (non-hydrogen) atoms. The first-order valence-corrected chi connectivity index (χ1v) is 10.6. The highest BCUT2D eigenvalue weighted by Crippen LogP contribution is 2.33. The van der Waals surface area contributed by atoms with Crippen molar-refractivity contribution in [2.75, 3.05) is 5.75 Å². The van der Waals surface area contributed by atoms with E-state index < -0.39 is 9.84 Å². The van der Waals surface area contributed by atoms with Crippen LogP contribution in [0.2, 0.25) is 0 Å². The third-order valence-corrected chi connectivity index (χ3v) is 6.55. The van der Waals surface area contributed by atoms with E-state index in [-0.39, 0.29) is 16.2 Å². The van der Waals surface area contributed by atoms with Crippen molar-refractivity contribution < 1.29 is 8.42 Å². The number of fused-ring (bicyclic) bond motifs is 1. The predicted molar refractivity (Wildman–Crippen MR) is 110 cm³/mol. The fourth-order valence-corrected chi connectivity index (χ4v) is 4.25. The number of nitrogens with zero attached hydrogens (tertiary/aromatic N) is 1. The van der Waals surface area contributed by atoms with Crippen molar-refractivity contribution in [2.45, 2.75) is 18.7 Å². The van der Waals surface area contributed by atoms with Crippen LogP contribution in [0.25, 0.3) is 33.3 Å². The average molecular weight is 393 g/mol. The smallest absolute Gasteiger partial charge is 0.273 e. The molecule has 0 saturated carbocycles. The van der Waals surface area contributed by atoms with Gasteiger partial charge in [-0.3, -0.25) is 9.89 Å². The fourth-order valence-electron chi connectivity index (χ4n) is 3.32. The monoisotopic (exact) mass is 393 g/mol. The zero-order valence-electron chi connectivity index (χ0n) is 15.5. The van der Waals surface area contributed by atoms with Gasteiger partial charge in [-0.2, -0.15) is 0 Å². The first-order valence-electron chi connectivity index (χ1n) is 8.91. The Labute approximate surface area is 162 Å². The SMILES string of the molecule is CCS(=O)(=O)c1cccc(-c2cc(-c3c(C)[nH][nH]c3=O)nc3ccccc23)c1. The maximum atomic E-state index is 12.3. The maximum Gasteiger partial charge on any atom is 0.273 e. The summed E-state index contributed by atoms with van der Waals surface area (Å²) in [6.07, 6.45) is 0. The van der Waals surface area contributed by atoms with Crippen molar-refractivity contribution in [1.82, 2.24) is 15.2 Å². The molecule has 2 aromatic heterocycles. The second-order valence-electron chi connectivity index (χ2n) is 6.58. The van der Waals surface area contributed by atoms with E-state index in [0.717, 1.165) is 22.0 Å². The van der Waals surface area contributed by atoms with E-state index in [1.54, 1.807) is 32.0 Å². The summed E-state index contributed by atoms with van der Waals surface area (Å²) in [6, 6.07) is 16.3. The fraction of sp³-hybridized carbons (Fsp3) is 0.143. The van der Waals surface area contributed by atoms with Gasteiger partial charge >= 0.3 is 0 Å². The Kier molecular flexibility index (Phi) is 4.39. The van der Waals surface area contributed by atoms with Gasteiger partial charge in [-0.05, 0) is 42.3 Å². The van der Waals surface area contributed by atoms with Gasteiger partial charge in [-0.25, -0.2) is 13.4 Å². The number of para-hydroxylation sites is 1. The van der Waals surface area contributed by atoms with Crippen molar-refractivity contribution in [3.63, 3.8) is 0 Å². The minimum Gasteiger partial charge on any atom is -0.302 e. The van der Waals surface area contributed by atoms with Gasteiger partial charge in [0.2, 0.25) is 0 Å². The number of hydrogen-bond acceptors (Lipinski definition) is 4. The van der Waals surface area contributed by atoms with E-state index in [2.05, 4.69) is 15.2 Å². The van der Waals surface area contributed by atoms with Crippen LogP contribution in [0.4, 0.5) is 0 Å². The number of pyridine rings is 1. The Morgan fingerprint density at radius 2 is 1.79 bits per heavy atom. The number of aromatic nitrogens is 3. The number of nitrogens with one attached hydrogen (secondary N) is 2. The zero-order valence-corrected chi connectivity index (χ0v) is 16.3. The summed E-state index contributed by atoms with van der Waals surface area (Å²) in [7, 11) is -3.32. The first-order chi connectivity index (χ1) is 13.4. The minimum absolute atomic E-state index is 0.0384. The van der Waals surface area contributed by atoms with Crippen LogP contribution in [-0.4, -0.2) is 29.4 Å². The molecule has 4 rings (SSSR count). The summed E-state index contributed by atoms with van der Waals surface area (Å²) in [6.45, 7) is 3.43.